The van der Waals surface area contributed by atoms with Crippen LogP contribution in [0.5, 0.6) is 0 Å². The Morgan fingerprint density at radius 1 is 1.26 bits per heavy atom. The van der Waals surface area contributed by atoms with Gasteiger partial charge in [-0.2, -0.15) is 0 Å². The van der Waals surface area contributed by atoms with Crippen LogP contribution in [0.4, 0.5) is 10.1 Å². The lowest BCUT2D eigenvalue weighted by molar-refractivity contribution is 0.0694. The molecule has 27 heavy (non-hydrogen) atoms. The topological polar surface area (TPSA) is 74.6 Å². The minimum absolute atomic E-state index is 0. The van der Waals surface area contributed by atoms with E-state index >= 15 is 4.39 Å². The second-order valence-corrected chi connectivity index (χ2v) is 7.59. The van der Waals surface area contributed by atoms with Gasteiger partial charge >= 0.3 is 5.97 Å². The van der Waals surface area contributed by atoms with Gasteiger partial charge in [0, 0.05) is 48.4 Å². The normalized spacial score (nSPS) is 24.1. The fraction of sp³-hybridized carbons (Fsp3) is 0.474. The molecule has 0 spiro atoms. The van der Waals surface area contributed by atoms with Gasteiger partial charge in [-0.1, -0.05) is 0 Å². The van der Waals surface area contributed by atoms with Crippen LogP contribution in [0, 0.1) is 5.82 Å². The highest BCUT2D eigenvalue weighted by molar-refractivity contribution is 5.96. The van der Waals surface area contributed by atoms with E-state index in [0.717, 1.165) is 5.56 Å². The van der Waals surface area contributed by atoms with Gasteiger partial charge in [-0.25, -0.2) is 9.18 Å². The summed E-state index contributed by atoms with van der Waals surface area (Å²) in [5.74, 6) is -1.73. The van der Waals surface area contributed by atoms with Crippen molar-refractivity contribution in [2.24, 2.45) is 0 Å². The lowest BCUT2D eigenvalue weighted by Crippen LogP contribution is -2.54. The molecule has 1 aromatic carbocycles. The van der Waals surface area contributed by atoms with Crippen molar-refractivity contribution in [1.82, 2.24) is 9.88 Å². The summed E-state index contributed by atoms with van der Waals surface area (Å²) in [4.78, 5) is 26.0. The Labute approximate surface area is 162 Å². The first kappa shape index (κ1) is 19.6. The van der Waals surface area contributed by atoms with E-state index in [2.05, 4.69) is 19.2 Å². The third-order valence-corrected chi connectivity index (χ3v) is 5.42. The number of aromatic nitrogens is 1. The fourth-order valence-electron chi connectivity index (χ4n) is 4.50. The maximum atomic E-state index is 15.1. The first-order valence-corrected chi connectivity index (χ1v) is 8.92. The fourth-order valence-corrected chi connectivity index (χ4v) is 4.50. The molecule has 2 aromatic rings. The van der Waals surface area contributed by atoms with Gasteiger partial charge in [-0.3, -0.25) is 4.79 Å². The van der Waals surface area contributed by atoms with E-state index in [9.17, 15) is 14.7 Å². The SMILES string of the molecule is CC1CN(c2c(F)cc3c(=O)c(C(=O)O)cn4c3c2C[C@@H]4C)CC(C)N1.Cl. The van der Waals surface area contributed by atoms with E-state index in [-0.39, 0.29) is 41.5 Å². The second-order valence-electron chi connectivity index (χ2n) is 7.59. The summed E-state index contributed by atoms with van der Waals surface area (Å²) in [5.41, 5.74) is 1.10. The van der Waals surface area contributed by atoms with Crippen molar-refractivity contribution in [3.05, 3.63) is 39.4 Å². The number of anilines is 1. The Balaban J connectivity index is 0.00000210. The van der Waals surface area contributed by atoms with Crippen LogP contribution >= 0.6 is 12.4 Å². The number of hydrogen-bond donors (Lipinski definition) is 2. The minimum Gasteiger partial charge on any atom is -0.477 e. The number of carboxylic acid groups (broad SMARTS) is 1. The van der Waals surface area contributed by atoms with Gasteiger partial charge in [0.1, 0.15) is 11.4 Å². The average molecular weight is 396 g/mol. The van der Waals surface area contributed by atoms with Gasteiger partial charge in [0.2, 0.25) is 5.43 Å². The predicted molar refractivity (Wildman–Crippen MR) is 105 cm³/mol. The van der Waals surface area contributed by atoms with Crippen LogP contribution in [0.25, 0.3) is 10.9 Å². The predicted octanol–water partition coefficient (Wildman–Crippen LogP) is 2.56. The zero-order valence-electron chi connectivity index (χ0n) is 15.5. The van der Waals surface area contributed by atoms with Gasteiger partial charge in [0.25, 0.3) is 0 Å². The van der Waals surface area contributed by atoms with Crippen LogP contribution in [0.3, 0.4) is 0 Å². The van der Waals surface area contributed by atoms with Crippen LogP contribution in [0.2, 0.25) is 0 Å². The number of hydrogen-bond acceptors (Lipinski definition) is 4. The van der Waals surface area contributed by atoms with Crippen molar-refractivity contribution in [3.63, 3.8) is 0 Å². The highest BCUT2D eigenvalue weighted by atomic mass is 35.5. The molecule has 2 aliphatic heterocycles. The Morgan fingerprint density at radius 3 is 2.48 bits per heavy atom. The van der Waals surface area contributed by atoms with Crippen molar-refractivity contribution >= 4 is 35.0 Å². The van der Waals surface area contributed by atoms with Crippen LogP contribution in [-0.2, 0) is 6.42 Å². The molecule has 0 aliphatic carbocycles. The van der Waals surface area contributed by atoms with Crippen LogP contribution in [-0.4, -0.2) is 40.8 Å². The van der Waals surface area contributed by atoms with Crippen molar-refractivity contribution < 1.29 is 14.3 Å². The molecule has 146 valence electrons. The molecule has 0 bridgehead atoms. The number of halogens is 2. The summed E-state index contributed by atoms with van der Waals surface area (Å²) in [6.45, 7) is 7.47. The highest BCUT2D eigenvalue weighted by Gasteiger charge is 2.32. The molecule has 0 radical (unpaired) electrons. The highest BCUT2D eigenvalue weighted by Crippen LogP contribution is 2.40. The third-order valence-electron chi connectivity index (χ3n) is 5.42. The number of nitrogens with zero attached hydrogens (tertiary/aromatic N) is 2. The standard InChI is InChI=1S/C19H22FN3O3.ClH/c1-9-6-22(7-10(2)21-9)17-12-4-11(3)23-8-14(19(25)26)18(24)13(16(12)23)5-15(17)20;/h5,8-11,21H,4,6-7H2,1-3H3,(H,25,26);1H/t9?,10?,11-;/m0./s1. The zero-order valence-corrected chi connectivity index (χ0v) is 16.3. The van der Waals surface area contributed by atoms with Gasteiger partial charge in [0.15, 0.2) is 0 Å². The quantitative estimate of drug-likeness (QED) is 0.817. The maximum Gasteiger partial charge on any atom is 0.341 e. The molecular formula is C19H23ClFN3O3. The number of nitrogens with one attached hydrogen (secondary N) is 1. The van der Waals surface area contributed by atoms with Crippen LogP contribution in [0.1, 0.15) is 42.7 Å². The van der Waals surface area contributed by atoms with Crippen molar-refractivity contribution in [2.75, 3.05) is 18.0 Å². The van der Waals surface area contributed by atoms with E-state index in [1.54, 1.807) is 0 Å². The lowest BCUT2D eigenvalue weighted by Gasteiger charge is -2.38. The monoisotopic (exact) mass is 395 g/mol. The van der Waals surface area contributed by atoms with Crippen molar-refractivity contribution in [3.8, 4) is 0 Å². The Hall–Kier alpha value is -2.12. The molecule has 4 rings (SSSR count). The van der Waals surface area contributed by atoms with Crippen LogP contribution in [0.15, 0.2) is 17.1 Å². The Morgan fingerprint density at radius 2 is 1.89 bits per heavy atom. The number of rotatable bonds is 2. The second kappa shape index (κ2) is 6.80. The van der Waals surface area contributed by atoms with Gasteiger partial charge in [-0.15, -0.1) is 12.4 Å². The van der Waals surface area contributed by atoms with Gasteiger partial charge < -0.3 is 19.9 Å². The minimum atomic E-state index is -1.28. The summed E-state index contributed by atoms with van der Waals surface area (Å²) in [6, 6.07) is 1.66. The summed E-state index contributed by atoms with van der Waals surface area (Å²) >= 11 is 0. The summed E-state index contributed by atoms with van der Waals surface area (Å²) in [5, 5.41) is 12.9. The number of benzene rings is 1. The number of pyridine rings is 1. The smallest absolute Gasteiger partial charge is 0.341 e. The third kappa shape index (κ3) is 2.99. The van der Waals surface area contributed by atoms with Gasteiger partial charge in [0.05, 0.1) is 11.2 Å². The number of aromatic carboxylic acids is 1. The molecule has 8 heteroatoms. The molecule has 1 saturated heterocycles. The van der Waals surface area contributed by atoms with Crippen molar-refractivity contribution in [1.29, 1.82) is 0 Å². The van der Waals surface area contributed by atoms with Gasteiger partial charge in [-0.05, 0) is 33.3 Å². The van der Waals surface area contributed by atoms with Crippen LogP contribution < -0.4 is 15.6 Å². The van der Waals surface area contributed by atoms with E-state index in [1.807, 2.05) is 16.4 Å². The van der Waals surface area contributed by atoms with E-state index in [0.29, 0.717) is 30.7 Å². The molecule has 0 amide bonds. The number of carbonyl (C=O) groups is 1. The lowest BCUT2D eigenvalue weighted by atomic mass is 10.0. The largest absolute Gasteiger partial charge is 0.477 e. The summed E-state index contributed by atoms with van der Waals surface area (Å²) < 4.78 is 16.9. The molecule has 2 aliphatic rings. The number of carboxylic acids is 1. The molecule has 6 nitrogen and oxygen atoms in total. The van der Waals surface area contributed by atoms with E-state index < -0.39 is 17.2 Å². The number of piperazine rings is 1. The molecule has 3 heterocycles. The molecule has 3 atom stereocenters. The molecule has 2 unspecified atom stereocenters. The maximum absolute atomic E-state index is 15.1. The molecule has 1 fully saturated rings. The molecule has 2 N–H and O–H groups in total. The molecule has 0 saturated carbocycles. The Kier molecular flexibility index (Phi) is 4.94. The molecular weight excluding hydrogens is 373 g/mol. The first-order chi connectivity index (χ1) is 12.3. The Bertz CT molecular complexity index is 981. The summed E-state index contributed by atoms with van der Waals surface area (Å²) in [7, 11) is 0. The molecule has 1 aromatic heterocycles. The zero-order chi connectivity index (χ0) is 18.7. The average Bonchev–Trinajstić information content (AvgIpc) is 2.85. The first-order valence-electron chi connectivity index (χ1n) is 8.92. The van der Waals surface area contributed by atoms with Crippen molar-refractivity contribution in [2.45, 2.75) is 45.3 Å². The van der Waals surface area contributed by atoms with E-state index in [4.69, 9.17) is 0 Å². The summed E-state index contributed by atoms with van der Waals surface area (Å²) in [6.07, 6.45) is 1.98. The van der Waals surface area contributed by atoms with E-state index in [1.165, 1.54) is 12.3 Å².